The van der Waals surface area contributed by atoms with E-state index < -0.39 is 0 Å². The molecule has 19 heavy (non-hydrogen) atoms. The van der Waals surface area contributed by atoms with Crippen molar-refractivity contribution in [2.24, 2.45) is 0 Å². The number of nitrogens with one attached hydrogen (secondary N) is 1. The highest BCUT2D eigenvalue weighted by Crippen LogP contribution is 2.14. The molecule has 0 spiro atoms. The first-order chi connectivity index (χ1) is 9.28. The van der Waals surface area contributed by atoms with Gasteiger partial charge in [-0.3, -0.25) is 4.98 Å². The third-order valence-electron chi connectivity index (χ3n) is 2.66. The molecule has 0 saturated carbocycles. The van der Waals surface area contributed by atoms with Crippen molar-refractivity contribution in [2.75, 3.05) is 11.9 Å². The lowest BCUT2D eigenvalue weighted by atomic mass is 10.2. The lowest BCUT2D eigenvalue weighted by Gasteiger charge is -2.08. The van der Waals surface area contributed by atoms with E-state index in [-0.39, 0.29) is 0 Å². The first-order valence-electron chi connectivity index (χ1n) is 6.26. The number of benzene rings is 1. The average Bonchev–Trinajstić information content (AvgIpc) is 2.44. The van der Waals surface area contributed by atoms with Crippen LogP contribution in [0.1, 0.15) is 11.1 Å². The summed E-state index contributed by atoms with van der Waals surface area (Å²) in [7, 11) is 0. The Kier molecular flexibility index (Phi) is 4.56. The number of nitrogens with zero attached hydrogens (tertiary/aromatic N) is 1. The van der Waals surface area contributed by atoms with Crippen molar-refractivity contribution < 1.29 is 4.74 Å². The fraction of sp³-hybridized carbons (Fsp3) is 0.188. The molecule has 0 fully saturated rings. The molecule has 0 atom stereocenters. The van der Waals surface area contributed by atoms with Crippen LogP contribution in [0.4, 0.5) is 5.69 Å². The normalized spacial score (nSPS) is 9.95. The van der Waals surface area contributed by atoms with Gasteiger partial charge in [0.05, 0.1) is 5.69 Å². The van der Waals surface area contributed by atoms with Gasteiger partial charge in [-0.15, -0.1) is 0 Å². The molecular weight excluding hydrogens is 236 g/mol. The van der Waals surface area contributed by atoms with E-state index >= 15 is 0 Å². The molecule has 1 aromatic carbocycles. The summed E-state index contributed by atoms with van der Waals surface area (Å²) in [6.07, 6.45) is 5.41. The minimum absolute atomic E-state index is 0.534. The molecule has 2 rings (SSSR count). The van der Waals surface area contributed by atoms with Crippen molar-refractivity contribution in [3.05, 3.63) is 66.5 Å². The lowest BCUT2D eigenvalue weighted by molar-refractivity contribution is 0.363. The number of hydrogen-bond acceptors (Lipinski definition) is 3. The lowest BCUT2D eigenvalue weighted by Crippen LogP contribution is -2.00. The molecule has 0 aliphatic carbocycles. The van der Waals surface area contributed by atoms with Crippen molar-refractivity contribution in [1.82, 2.24) is 4.98 Å². The second-order valence-corrected chi connectivity index (χ2v) is 4.35. The van der Waals surface area contributed by atoms with Gasteiger partial charge in [-0.25, -0.2) is 0 Å². The molecule has 0 saturated heterocycles. The zero-order chi connectivity index (χ0) is 13.5. The van der Waals surface area contributed by atoms with Crippen molar-refractivity contribution in [3.63, 3.8) is 0 Å². The molecule has 98 valence electrons. The van der Waals surface area contributed by atoms with Crippen LogP contribution in [0.3, 0.4) is 0 Å². The Morgan fingerprint density at radius 3 is 2.74 bits per heavy atom. The second-order valence-electron chi connectivity index (χ2n) is 4.35. The van der Waals surface area contributed by atoms with E-state index in [2.05, 4.69) is 35.1 Å². The number of ether oxygens (including phenoxy) is 1. The molecule has 0 aliphatic rings. The van der Waals surface area contributed by atoms with Crippen LogP contribution in [-0.4, -0.2) is 11.6 Å². The third-order valence-corrected chi connectivity index (χ3v) is 2.66. The Labute approximate surface area is 114 Å². The summed E-state index contributed by atoms with van der Waals surface area (Å²) in [5, 5.41) is 3.34. The Morgan fingerprint density at radius 2 is 2.05 bits per heavy atom. The fourth-order valence-corrected chi connectivity index (χ4v) is 1.71. The van der Waals surface area contributed by atoms with Gasteiger partial charge in [-0.05, 0) is 36.2 Å². The number of aryl methyl sites for hydroxylation is 1. The summed E-state index contributed by atoms with van der Waals surface area (Å²) in [6.45, 7) is 6.96. The standard InChI is InChI=1S/C16H18N2O/c1-3-8-19-16-6-4-14(5-7-16)11-18-15-9-13(2)10-17-12-15/h3-7,9-10,12,18H,1,8,11H2,2H3. The number of rotatable bonds is 6. The van der Waals surface area contributed by atoms with Crippen LogP contribution < -0.4 is 10.1 Å². The van der Waals surface area contributed by atoms with E-state index in [0.717, 1.165) is 23.5 Å². The van der Waals surface area contributed by atoms with Gasteiger partial charge in [0.25, 0.3) is 0 Å². The van der Waals surface area contributed by atoms with Crippen LogP contribution in [0.15, 0.2) is 55.4 Å². The third kappa shape index (κ3) is 4.14. The van der Waals surface area contributed by atoms with Gasteiger partial charge in [0, 0.05) is 18.9 Å². The molecule has 0 bridgehead atoms. The smallest absolute Gasteiger partial charge is 0.119 e. The Hall–Kier alpha value is -2.29. The van der Waals surface area contributed by atoms with Gasteiger partial charge < -0.3 is 10.1 Å². The summed E-state index contributed by atoms with van der Waals surface area (Å²) in [5.41, 5.74) is 3.39. The number of aromatic nitrogens is 1. The first kappa shape index (κ1) is 13.1. The maximum atomic E-state index is 5.44. The van der Waals surface area contributed by atoms with Crippen molar-refractivity contribution in [3.8, 4) is 5.75 Å². The van der Waals surface area contributed by atoms with Crippen LogP contribution in [0, 0.1) is 6.92 Å². The van der Waals surface area contributed by atoms with Crippen molar-refractivity contribution in [2.45, 2.75) is 13.5 Å². The van der Waals surface area contributed by atoms with Gasteiger partial charge in [-0.2, -0.15) is 0 Å². The number of pyridine rings is 1. The molecule has 0 amide bonds. The molecule has 0 aliphatic heterocycles. The number of anilines is 1. The largest absolute Gasteiger partial charge is 0.490 e. The SMILES string of the molecule is C=CCOc1ccc(CNc2cncc(C)c2)cc1. The molecule has 1 N–H and O–H groups in total. The maximum Gasteiger partial charge on any atom is 0.119 e. The average molecular weight is 254 g/mol. The van der Waals surface area contributed by atoms with Crippen LogP contribution in [0.25, 0.3) is 0 Å². The van der Waals surface area contributed by atoms with Crippen LogP contribution >= 0.6 is 0 Å². The van der Waals surface area contributed by atoms with E-state index in [1.165, 1.54) is 5.56 Å². The van der Waals surface area contributed by atoms with Crippen molar-refractivity contribution >= 4 is 5.69 Å². The zero-order valence-corrected chi connectivity index (χ0v) is 11.1. The minimum atomic E-state index is 0.534. The van der Waals surface area contributed by atoms with E-state index in [9.17, 15) is 0 Å². The predicted molar refractivity (Wildman–Crippen MR) is 78.4 cm³/mol. The molecular formula is C16H18N2O. The Bertz CT molecular complexity index is 535. The maximum absolute atomic E-state index is 5.44. The van der Waals surface area contributed by atoms with Crippen LogP contribution in [0.5, 0.6) is 5.75 Å². The molecule has 0 unspecified atom stereocenters. The summed E-state index contributed by atoms with van der Waals surface area (Å²) >= 11 is 0. The molecule has 3 nitrogen and oxygen atoms in total. The minimum Gasteiger partial charge on any atom is -0.490 e. The second kappa shape index (κ2) is 6.59. The van der Waals surface area contributed by atoms with Gasteiger partial charge in [-0.1, -0.05) is 24.8 Å². The Balaban J connectivity index is 1.91. The van der Waals surface area contributed by atoms with E-state index in [1.54, 1.807) is 6.08 Å². The van der Waals surface area contributed by atoms with E-state index in [1.807, 2.05) is 31.5 Å². The summed E-state index contributed by atoms with van der Waals surface area (Å²) < 4.78 is 5.44. The first-order valence-corrected chi connectivity index (χ1v) is 6.26. The van der Waals surface area contributed by atoms with Crippen LogP contribution in [-0.2, 0) is 6.54 Å². The van der Waals surface area contributed by atoms with E-state index in [4.69, 9.17) is 4.74 Å². The van der Waals surface area contributed by atoms with Gasteiger partial charge in [0.1, 0.15) is 12.4 Å². The zero-order valence-electron chi connectivity index (χ0n) is 11.1. The molecule has 3 heteroatoms. The summed E-state index contributed by atoms with van der Waals surface area (Å²) in [5.74, 6) is 0.862. The monoisotopic (exact) mass is 254 g/mol. The summed E-state index contributed by atoms with van der Waals surface area (Å²) in [6, 6.07) is 10.1. The predicted octanol–water partition coefficient (Wildman–Crippen LogP) is 3.57. The van der Waals surface area contributed by atoms with E-state index in [0.29, 0.717) is 6.61 Å². The topological polar surface area (TPSA) is 34.1 Å². The molecule has 2 aromatic rings. The molecule has 0 radical (unpaired) electrons. The Morgan fingerprint density at radius 1 is 1.26 bits per heavy atom. The quantitative estimate of drug-likeness (QED) is 0.800. The highest BCUT2D eigenvalue weighted by molar-refractivity contribution is 5.43. The van der Waals surface area contributed by atoms with Crippen molar-refractivity contribution in [1.29, 1.82) is 0 Å². The van der Waals surface area contributed by atoms with Gasteiger partial charge >= 0.3 is 0 Å². The fourth-order valence-electron chi connectivity index (χ4n) is 1.71. The highest BCUT2D eigenvalue weighted by atomic mass is 16.5. The molecule has 1 heterocycles. The van der Waals surface area contributed by atoms with Gasteiger partial charge in [0.2, 0.25) is 0 Å². The molecule has 1 aromatic heterocycles. The van der Waals surface area contributed by atoms with Crippen LogP contribution in [0.2, 0.25) is 0 Å². The highest BCUT2D eigenvalue weighted by Gasteiger charge is 1.97. The van der Waals surface area contributed by atoms with Gasteiger partial charge in [0.15, 0.2) is 0 Å². The number of hydrogen-bond donors (Lipinski definition) is 1. The summed E-state index contributed by atoms with van der Waals surface area (Å²) in [4.78, 5) is 4.15.